The topological polar surface area (TPSA) is 53.1 Å². The summed E-state index contributed by atoms with van der Waals surface area (Å²) in [4.78, 5) is 2.56. The number of hydrogen-bond donors (Lipinski definition) is 2. The summed E-state index contributed by atoms with van der Waals surface area (Å²) in [7, 11) is 0. The van der Waals surface area contributed by atoms with E-state index in [9.17, 15) is 0 Å². The van der Waals surface area contributed by atoms with Crippen LogP contribution in [0.1, 0.15) is 53.4 Å². The Balaban J connectivity index is 4.13. The molecule has 3 nitrogen and oxygen atoms in total. The van der Waals surface area contributed by atoms with Gasteiger partial charge in [0.1, 0.15) is 0 Å². The van der Waals surface area contributed by atoms with Crippen molar-refractivity contribution in [2.24, 2.45) is 11.7 Å². The zero-order chi connectivity index (χ0) is 12.6. The zero-order valence-electron chi connectivity index (χ0n) is 11.4. The summed E-state index contributed by atoms with van der Waals surface area (Å²) in [5.74, 6) is 1.02. The molecule has 0 spiro atoms. The molecule has 0 amide bonds. The second-order valence-electron chi connectivity index (χ2n) is 4.99. The van der Waals surface area contributed by atoms with E-state index in [2.05, 4.69) is 32.6 Å². The highest BCUT2D eigenvalue weighted by molar-refractivity contribution is 5.76. The van der Waals surface area contributed by atoms with Crippen molar-refractivity contribution in [2.45, 2.75) is 59.4 Å². The maximum atomic E-state index is 7.24. The molecule has 96 valence electrons. The van der Waals surface area contributed by atoms with E-state index in [1.165, 1.54) is 12.8 Å². The van der Waals surface area contributed by atoms with Gasteiger partial charge in [0.15, 0.2) is 0 Å². The molecule has 0 fully saturated rings. The van der Waals surface area contributed by atoms with Gasteiger partial charge < -0.3 is 10.6 Å². The van der Waals surface area contributed by atoms with Gasteiger partial charge in [-0.25, -0.2) is 0 Å². The smallest absolute Gasteiger partial charge is 0.0905 e. The predicted octanol–water partition coefficient (Wildman–Crippen LogP) is 2.85. The van der Waals surface area contributed by atoms with E-state index in [1.807, 2.05) is 0 Å². The minimum absolute atomic E-state index is 0.314. The van der Waals surface area contributed by atoms with Crippen LogP contribution in [0.4, 0.5) is 0 Å². The maximum Gasteiger partial charge on any atom is 0.0905 e. The standard InChI is InChI=1S/C13H29N3/c1-5-12(6-2)16(10-11(3)4)9-7-8-13(14)15/h11-12H,5-10H2,1-4H3,(H3,14,15). The largest absolute Gasteiger partial charge is 0.388 e. The molecule has 0 radical (unpaired) electrons. The Labute approximate surface area is 101 Å². The summed E-state index contributed by atoms with van der Waals surface area (Å²) in [6.45, 7) is 11.3. The van der Waals surface area contributed by atoms with Crippen molar-refractivity contribution >= 4 is 5.84 Å². The Kier molecular flexibility index (Phi) is 8.26. The molecule has 3 N–H and O–H groups in total. The molecule has 3 heteroatoms. The highest BCUT2D eigenvalue weighted by Gasteiger charge is 2.15. The van der Waals surface area contributed by atoms with Gasteiger partial charge in [-0.05, 0) is 31.7 Å². The number of nitrogens with two attached hydrogens (primary N) is 1. The van der Waals surface area contributed by atoms with Gasteiger partial charge in [-0.1, -0.05) is 27.7 Å². The van der Waals surface area contributed by atoms with E-state index in [1.54, 1.807) is 0 Å². The van der Waals surface area contributed by atoms with Crippen LogP contribution in [-0.4, -0.2) is 29.9 Å². The first-order chi connectivity index (χ1) is 7.51. The lowest BCUT2D eigenvalue weighted by Gasteiger charge is -2.31. The van der Waals surface area contributed by atoms with Crippen LogP contribution < -0.4 is 5.73 Å². The Morgan fingerprint density at radius 3 is 2.19 bits per heavy atom. The van der Waals surface area contributed by atoms with Crippen molar-refractivity contribution in [1.82, 2.24) is 4.90 Å². The lowest BCUT2D eigenvalue weighted by atomic mass is 10.1. The van der Waals surface area contributed by atoms with E-state index in [0.717, 1.165) is 25.9 Å². The van der Waals surface area contributed by atoms with E-state index in [-0.39, 0.29) is 0 Å². The number of rotatable bonds is 9. The molecule has 0 saturated heterocycles. The number of nitrogens with one attached hydrogen (secondary N) is 1. The molecule has 0 atom stereocenters. The summed E-state index contributed by atoms with van der Waals surface area (Å²) in [5.41, 5.74) is 5.39. The lowest BCUT2D eigenvalue weighted by Crippen LogP contribution is -2.38. The Bertz CT molecular complexity index is 186. The van der Waals surface area contributed by atoms with Gasteiger partial charge in [0.05, 0.1) is 5.84 Å². The van der Waals surface area contributed by atoms with Gasteiger partial charge in [-0.3, -0.25) is 5.41 Å². The minimum atomic E-state index is 0.314. The second kappa shape index (κ2) is 8.57. The molecular formula is C13H29N3. The van der Waals surface area contributed by atoms with Crippen LogP contribution in [0.15, 0.2) is 0 Å². The lowest BCUT2D eigenvalue weighted by molar-refractivity contribution is 0.165. The molecular weight excluding hydrogens is 198 g/mol. The highest BCUT2D eigenvalue weighted by atomic mass is 15.1. The van der Waals surface area contributed by atoms with Crippen molar-refractivity contribution in [1.29, 1.82) is 5.41 Å². The van der Waals surface area contributed by atoms with Crippen LogP contribution in [0.5, 0.6) is 0 Å². The van der Waals surface area contributed by atoms with Gasteiger partial charge >= 0.3 is 0 Å². The summed E-state index contributed by atoms with van der Waals surface area (Å²) in [5, 5.41) is 7.24. The predicted molar refractivity (Wildman–Crippen MR) is 71.9 cm³/mol. The molecule has 0 aromatic heterocycles. The molecule has 0 bridgehead atoms. The van der Waals surface area contributed by atoms with Crippen molar-refractivity contribution in [2.75, 3.05) is 13.1 Å². The fourth-order valence-electron chi connectivity index (χ4n) is 2.17. The molecule has 0 heterocycles. The van der Waals surface area contributed by atoms with E-state index < -0.39 is 0 Å². The third-order valence-corrected chi connectivity index (χ3v) is 2.95. The first kappa shape index (κ1) is 15.4. The number of amidine groups is 1. The summed E-state index contributed by atoms with van der Waals surface area (Å²) in [6, 6.07) is 0.689. The number of nitrogens with zero attached hydrogens (tertiary/aromatic N) is 1. The molecule has 16 heavy (non-hydrogen) atoms. The van der Waals surface area contributed by atoms with Crippen molar-refractivity contribution in [3.05, 3.63) is 0 Å². The maximum absolute atomic E-state index is 7.24. The molecule has 0 aromatic rings. The normalized spacial score (nSPS) is 11.7. The molecule has 0 saturated carbocycles. The SMILES string of the molecule is CCC(CC)N(CCCC(=N)N)CC(C)C. The molecule has 0 aliphatic carbocycles. The second-order valence-corrected chi connectivity index (χ2v) is 4.99. The highest BCUT2D eigenvalue weighted by Crippen LogP contribution is 2.12. The van der Waals surface area contributed by atoms with Crippen LogP contribution in [0.2, 0.25) is 0 Å². The third kappa shape index (κ3) is 6.83. The monoisotopic (exact) mass is 227 g/mol. The van der Waals surface area contributed by atoms with Gasteiger partial charge in [0.2, 0.25) is 0 Å². The average molecular weight is 227 g/mol. The van der Waals surface area contributed by atoms with E-state index in [0.29, 0.717) is 17.8 Å². The zero-order valence-corrected chi connectivity index (χ0v) is 11.4. The third-order valence-electron chi connectivity index (χ3n) is 2.95. The molecule has 0 unspecified atom stereocenters. The first-order valence-corrected chi connectivity index (χ1v) is 6.58. The molecule has 0 rings (SSSR count). The van der Waals surface area contributed by atoms with Crippen molar-refractivity contribution < 1.29 is 0 Å². The van der Waals surface area contributed by atoms with Crippen molar-refractivity contribution in [3.63, 3.8) is 0 Å². The van der Waals surface area contributed by atoms with Crippen LogP contribution >= 0.6 is 0 Å². The quantitative estimate of drug-likeness (QED) is 0.470. The molecule has 0 aliphatic rings. The van der Waals surface area contributed by atoms with Crippen LogP contribution in [-0.2, 0) is 0 Å². The summed E-state index contributed by atoms with van der Waals surface area (Å²) < 4.78 is 0. The van der Waals surface area contributed by atoms with Crippen molar-refractivity contribution in [3.8, 4) is 0 Å². The van der Waals surface area contributed by atoms with E-state index >= 15 is 0 Å². The summed E-state index contributed by atoms with van der Waals surface area (Å²) in [6.07, 6.45) is 4.17. The van der Waals surface area contributed by atoms with Gasteiger partial charge in [0, 0.05) is 19.0 Å². The van der Waals surface area contributed by atoms with Gasteiger partial charge in [0.25, 0.3) is 0 Å². The Morgan fingerprint density at radius 1 is 1.25 bits per heavy atom. The Morgan fingerprint density at radius 2 is 1.81 bits per heavy atom. The minimum Gasteiger partial charge on any atom is -0.388 e. The Hall–Kier alpha value is -0.570. The average Bonchev–Trinajstić information content (AvgIpc) is 2.17. The van der Waals surface area contributed by atoms with Crippen LogP contribution in [0.3, 0.4) is 0 Å². The fourth-order valence-corrected chi connectivity index (χ4v) is 2.17. The fraction of sp³-hybridized carbons (Fsp3) is 0.923. The summed E-state index contributed by atoms with van der Waals surface area (Å²) >= 11 is 0. The number of hydrogen-bond acceptors (Lipinski definition) is 2. The van der Waals surface area contributed by atoms with Gasteiger partial charge in [-0.15, -0.1) is 0 Å². The first-order valence-electron chi connectivity index (χ1n) is 6.58. The van der Waals surface area contributed by atoms with E-state index in [4.69, 9.17) is 11.1 Å². The van der Waals surface area contributed by atoms with Crippen LogP contribution in [0, 0.1) is 11.3 Å². The molecule has 0 aliphatic heterocycles. The van der Waals surface area contributed by atoms with Crippen LogP contribution in [0.25, 0.3) is 0 Å². The molecule has 0 aromatic carbocycles. The van der Waals surface area contributed by atoms with Gasteiger partial charge in [-0.2, -0.15) is 0 Å².